The number of aliphatic carboxylic acids is 1. The number of carbonyl (C=O) groups is 4. The van der Waals surface area contributed by atoms with Crippen molar-refractivity contribution in [3.05, 3.63) is 0 Å². The second-order valence-electron chi connectivity index (χ2n) is 7.89. The van der Waals surface area contributed by atoms with Crippen molar-refractivity contribution in [2.24, 2.45) is 17.4 Å². The number of hydrogen-bond acceptors (Lipinski definition) is 7. The Kier molecular flexibility index (Phi) is 11.1. The van der Waals surface area contributed by atoms with Gasteiger partial charge in [0.15, 0.2) is 0 Å². The van der Waals surface area contributed by atoms with E-state index >= 15 is 0 Å². The number of carbonyl (C=O) groups excluding carboxylic acids is 3. The number of carboxylic acids is 1. The number of nitrogens with two attached hydrogens (primary N) is 2. The fraction of sp³-hybridized carbons (Fsp3) is 0.789. The largest absolute Gasteiger partial charge is 0.480 e. The first-order valence-corrected chi connectivity index (χ1v) is 11.0. The summed E-state index contributed by atoms with van der Waals surface area (Å²) in [5.74, 6) is -2.62. The Morgan fingerprint density at radius 1 is 1.17 bits per heavy atom. The molecule has 0 bridgehead atoms. The molecule has 172 valence electrons. The molecule has 1 saturated heterocycles. The molecule has 0 aliphatic carbocycles. The molecule has 0 aromatic carbocycles. The molecular formula is C19H35N5O5S. The summed E-state index contributed by atoms with van der Waals surface area (Å²) in [7, 11) is 0. The lowest BCUT2D eigenvalue weighted by atomic mass is 10.0. The summed E-state index contributed by atoms with van der Waals surface area (Å²) in [5.41, 5.74) is 11.2. The average molecular weight is 446 g/mol. The number of carboxylic acid groups (broad SMARTS) is 1. The summed E-state index contributed by atoms with van der Waals surface area (Å²) in [6.45, 7) is 4.31. The van der Waals surface area contributed by atoms with E-state index in [1.54, 1.807) is 13.8 Å². The van der Waals surface area contributed by atoms with Crippen LogP contribution < -0.4 is 22.1 Å². The van der Waals surface area contributed by atoms with Gasteiger partial charge in [-0.1, -0.05) is 13.8 Å². The van der Waals surface area contributed by atoms with E-state index in [0.717, 1.165) is 0 Å². The molecule has 0 aromatic heterocycles. The number of unbranched alkanes of at least 4 members (excludes halogenated alkanes) is 1. The number of amides is 3. The van der Waals surface area contributed by atoms with E-state index < -0.39 is 47.9 Å². The topological polar surface area (TPSA) is 168 Å². The second-order valence-corrected chi connectivity index (χ2v) is 8.26. The van der Waals surface area contributed by atoms with Gasteiger partial charge in [0.1, 0.15) is 18.1 Å². The van der Waals surface area contributed by atoms with Gasteiger partial charge in [0.25, 0.3) is 0 Å². The number of rotatable bonds is 12. The maximum absolute atomic E-state index is 13.1. The molecule has 0 saturated carbocycles. The third-order valence-electron chi connectivity index (χ3n) is 5.16. The molecular weight excluding hydrogens is 410 g/mol. The molecule has 4 atom stereocenters. The molecule has 10 nitrogen and oxygen atoms in total. The Hall–Kier alpha value is -1.85. The van der Waals surface area contributed by atoms with Crippen LogP contribution in [0.2, 0.25) is 0 Å². The van der Waals surface area contributed by atoms with Crippen LogP contribution in [0.15, 0.2) is 0 Å². The minimum atomic E-state index is -1.05. The number of nitrogens with one attached hydrogen (secondary N) is 2. The summed E-state index contributed by atoms with van der Waals surface area (Å²) in [5, 5.41) is 14.7. The van der Waals surface area contributed by atoms with Crippen molar-refractivity contribution >= 4 is 36.3 Å². The van der Waals surface area contributed by atoms with Crippen LogP contribution in [-0.2, 0) is 19.2 Å². The van der Waals surface area contributed by atoms with Crippen molar-refractivity contribution in [2.75, 3.05) is 18.8 Å². The molecule has 4 unspecified atom stereocenters. The van der Waals surface area contributed by atoms with E-state index in [2.05, 4.69) is 23.3 Å². The van der Waals surface area contributed by atoms with Gasteiger partial charge in [-0.05, 0) is 44.6 Å². The standard InChI is InChI=1S/C19H35N5O5S/c1-11(2)15(23-16(25)12(21)10-30)17(26)22-13(6-3-4-8-20)18(27)24-9-5-7-14(24)19(28)29/h11-15,30H,3-10,20-21H2,1-2H3,(H,22,26)(H,23,25)(H,28,29). The normalized spacial score (nSPS) is 19.3. The number of likely N-dealkylation sites (tertiary alicyclic amines) is 1. The van der Waals surface area contributed by atoms with Crippen LogP contribution in [0.1, 0.15) is 46.0 Å². The summed E-state index contributed by atoms with van der Waals surface area (Å²) in [6.07, 6.45) is 2.58. The van der Waals surface area contributed by atoms with Crippen molar-refractivity contribution < 1.29 is 24.3 Å². The molecule has 7 N–H and O–H groups in total. The van der Waals surface area contributed by atoms with Crippen LogP contribution in [0.3, 0.4) is 0 Å². The first-order chi connectivity index (χ1) is 14.1. The summed E-state index contributed by atoms with van der Waals surface area (Å²) >= 11 is 3.99. The lowest BCUT2D eigenvalue weighted by molar-refractivity contribution is -0.149. The molecule has 30 heavy (non-hydrogen) atoms. The predicted molar refractivity (Wildman–Crippen MR) is 116 cm³/mol. The molecule has 0 aromatic rings. The highest BCUT2D eigenvalue weighted by Gasteiger charge is 2.38. The van der Waals surface area contributed by atoms with Gasteiger partial charge in [0, 0.05) is 12.3 Å². The molecule has 1 heterocycles. The third kappa shape index (κ3) is 7.44. The Balaban J connectivity index is 2.95. The minimum Gasteiger partial charge on any atom is -0.480 e. The molecule has 0 spiro atoms. The van der Waals surface area contributed by atoms with Crippen LogP contribution in [-0.4, -0.2) is 76.7 Å². The lowest BCUT2D eigenvalue weighted by Crippen LogP contribution is -2.58. The Morgan fingerprint density at radius 2 is 1.83 bits per heavy atom. The van der Waals surface area contributed by atoms with E-state index in [1.165, 1.54) is 4.90 Å². The zero-order valence-corrected chi connectivity index (χ0v) is 18.6. The smallest absolute Gasteiger partial charge is 0.326 e. The molecule has 1 rings (SSSR count). The number of thiol groups is 1. The highest BCUT2D eigenvalue weighted by atomic mass is 32.1. The monoisotopic (exact) mass is 445 g/mol. The zero-order chi connectivity index (χ0) is 22.8. The van der Waals surface area contributed by atoms with E-state index in [0.29, 0.717) is 45.2 Å². The molecule has 1 aliphatic rings. The first-order valence-electron chi connectivity index (χ1n) is 10.3. The summed E-state index contributed by atoms with van der Waals surface area (Å²) in [6, 6.07) is -3.52. The van der Waals surface area contributed by atoms with E-state index in [9.17, 15) is 24.3 Å². The molecule has 1 aliphatic heterocycles. The van der Waals surface area contributed by atoms with Crippen molar-refractivity contribution in [1.29, 1.82) is 0 Å². The maximum Gasteiger partial charge on any atom is 0.326 e. The second kappa shape index (κ2) is 12.8. The summed E-state index contributed by atoms with van der Waals surface area (Å²) in [4.78, 5) is 50.9. The fourth-order valence-electron chi connectivity index (χ4n) is 3.38. The number of hydrogen-bond donors (Lipinski definition) is 6. The third-order valence-corrected chi connectivity index (χ3v) is 5.56. The fourth-order valence-corrected chi connectivity index (χ4v) is 3.54. The lowest BCUT2D eigenvalue weighted by Gasteiger charge is -2.30. The highest BCUT2D eigenvalue weighted by molar-refractivity contribution is 7.80. The van der Waals surface area contributed by atoms with Crippen LogP contribution >= 0.6 is 12.6 Å². The number of nitrogens with zero attached hydrogens (tertiary/aromatic N) is 1. The van der Waals surface area contributed by atoms with Crippen molar-refractivity contribution in [3.8, 4) is 0 Å². The zero-order valence-electron chi connectivity index (χ0n) is 17.7. The predicted octanol–water partition coefficient (Wildman–Crippen LogP) is -0.926. The van der Waals surface area contributed by atoms with Crippen LogP contribution in [0.4, 0.5) is 0 Å². The van der Waals surface area contributed by atoms with Gasteiger partial charge in [0.05, 0.1) is 6.04 Å². The van der Waals surface area contributed by atoms with Crippen LogP contribution in [0.5, 0.6) is 0 Å². The average Bonchev–Trinajstić information content (AvgIpc) is 3.19. The van der Waals surface area contributed by atoms with Gasteiger partial charge in [-0.2, -0.15) is 12.6 Å². The quantitative estimate of drug-likeness (QED) is 0.167. The van der Waals surface area contributed by atoms with E-state index in [-0.39, 0.29) is 11.7 Å². The van der Waals surface area contributed by atoms with Gasteiger partial charge < -0.3 is 32.1 Å². The van der Waals surface area contributed by atoms with Gasteiger partial charge >= 0.3 is 5.97 Å². The minimum absolute atomic E-state index is 0.129. The highest BCUT2D eigenvalue weighted by Crippen LogP contribution is 2.20. The Bertz CT molecular complexity index is 618. The van der Waals surface area contributed by atoms with Crippen LogP contribution in [0, 0.1) is 5.92 Å². The van der Waals surface area contributed by atoms with Gasteiger partial charge in [-0.3, -0.25) is 14.4 Å². The van der Waals surface area contributed by atoms with Gasteiger partial charge in [0.2, 0.25) is 17.7 Å². The van der Waals surface area contributed by atoms with Crippen molar-refractivity contribution in [3.63, 3.8) is 0 Å². The van der Waals surface area contributed by atoms with E-state index in [4.69, 9.17) is 11.5 Å². The van der Waals surface area contributed by atoms with Gasteiger partial charge in [-0.15, -0.1) is 0 Å². The molecule has 3 amide bonds. The van der Waals surface area contributed by atoms with Crippen molar-refractivity contribution in [1.82, 2.24) is 15.5 Å². The molecule has 0 radical (unpaired) electrons. The SMILES string of the molecule is CC(C)C(NC(=O)C(N)CS)C(=O)NC(CCCCN)C(=O)N1CCCC1C(=O)O. The Labute approximate surface area is 182 Å². The van der Waals surface area contributed by atoms with E-state index in [1.807, 2.05) is 0 Å². The first kappa shape index (κ1) is 26.2. The molecule has 1 fully saturated rings. The maximum atomic E-state index is 13.1. The molecule has 11 heteroatoms. The van der Waals surface area contributed by atoms with Crippen molar-refractivity contribution in [2.45, 2.75) is 70.1 Å². The van der Waals surface area contributed by atoms with Gasteiger partial charge in [-0.25, -0.2) is 4.79 Å². The summed E-state index contributed by atoms with van der Waals surface area (Å²) < 4.78 is 0. The van der Waals surface area contributed by atoms with Crippen LogP contribution in [0.25, 0.3) is 0 Å². The Morgan fingerprint density at radius 3 is 2.37 bits per heavy atom.